The Morgan fingerprint density at radius 3 is 2.57 bits per heavy atom. The summed E-state index contributed by atoms with van der Waals surface area (Å²) >= 11 is 0. The Morgan fingerprint density at radius 2 is 1.89 bits per heavy atom. The van der Waals surface area contributed by atoms with Crippen molar-refractivity contribution >= 4 is 16.9 Å². The van der Waals surface area contributed by atoms with Crippen LogP contribution in [-0.4, -0.2) is 26.1 Å². The molecule has 0 saturated heterocycles. The van der Waals surface area contributed by atoms with Crippen LogP contribution in [0.2, 0.25) is 0 Å². The fourth-order valence-corrected chi connectivity index (χ4v) is 3.78. The van der Waals surface area contributed by atoms with Gasteiger partial charge in [0.2, 0.25) is 5.82 Å². The molecule has 8 heteroatoms. The molecular weight excluding hydrogens is 367 g/mol. The van der Waals surface area contributed by atoms with Crippen LogP contribution in [0.4, 0.5) is 19.0 Å². The van der Waals surface area contributed by atoms with Crippen LogP contribution in [0.5, 0.6) is 0 Å². The maximum Gasteiger partial charge on any atom is 0.450 e. The maximum atomic E-state index is 13.5. The summed E-state index contributed by atoms with van der Waals surface area (Å²) < 4.78 is 41.6. The molecule has 0 aliphatic heterocycles. The molecular formula is C20H22F3N5. The van der Waals surface area contributed by atoms with Crippen molar-refractivity contribution < 1.29 is 13.2 Å². The summed E-state index contributed by atoms with van der Waals surface area (Å²) in [5.74, 6) is 0.295. The van der Waals surface area contributed by atoms with Crippen LogP contribution in [0, 0.1) is 12.8 Å². The Bertz CT molecular complexity index is 956. The van der Waals surface area contributed by atoms with Crippen LogP contribution in [-0.2, 0) is 6.18 Å². The third kappa shape index (κ3) is 3.81. The van der Waals surface area contributed by atoms with Crippen LogP contribution >= 0.6 is 0 Å². The predicted octanol–water partition coefficient (Wildman–Crippen LogP) is 5.13. The van der Waals surface area contributed by atoms with Crippen molar-refractivity contribution in [3.05, 3.63) is 42.0 Å². The van der Waals surface area contributed by atoms with E-state index in [1.165, 1.54) is 44.5 Å². The van der Waals surface area contributed by atoms with Gasteiger partial charge in [-0.3, -0.25) is 4.57 Å². The van der Waals surface area contributed by atoms with Gasteiger partial charge in [0.05, 0.1) is 23.4 Å². The first-order chi connectivity index (χ1) is 13.4. The third-order valence-corrected chi connectivity index (χ3v) is 5.23. The Hall–Kier alpha value is -2.64. The molecule has 0 radical (unpaired) electrons. The highest BCUT2D eigenvalue weighted by Gasteiger charge is 2.38. The average Bonchev–Trinajstić information content (AvgIpc) is 3.06. The number of aromatic nitrogens is 4. The van der Waals surface area contributed by atoms with E-state index in [1.54, 1.807) is 18.2 Å². The summed E-state index contributed by atoms with van der Waals surface area (Å²) in [6, 6.07) is 5.02. The second kappa shape index (κ2) is 7.41. The minimum atomic E-state index is -4.59. The van der Waals surface area contributed by atoms with Gasteiger partial charge in [0.15, 0.2) is 5.82 Å². The van der Waals surface area contributed by atoms with E-state index < -0.39 is 12.0 Å². The summed E-state index contributed by atoms with van der Waals surface area (Å²) in [6.07, 6.45) is 4.46. The highest BCUT2D eigenvalue weighted by atomic mass is 19.4. The van der Waals surface area contributed by atoms with Crippen molar-refractivity contribution in [1.82, 2.24) is 19.5 Å². The molecule has 0 amide bonds. The Balaban J connectivity index is 1.62. The first kappa shape index (κ1) is 18.7. The molecule has 2 aromatic heterocycles. The fourth-order valence-electron chi connectivity index (χ4n) is 3.78. The van der Waals surface area contributed by atoms with E-state index in [4.69, 9.17) is 0 Å². The average molecular weight is 389 g/mol. The molecule has 1 saturated carbocycles. The molecule has 0 unspecified atom stereocenters. The molecule has 4 rings (SSSR count). The number of halogens is 3. The van der Waals surface area contributed by atoms with Gasteiger partial charge in [-0.05, 0) is 43.4 Å². The van der Waals surface area contributed by atoms with E-state index in [9.17, 15) is 13.2 Å². The van der Waals surface area contributed by atoms with E-state index in [2.05, 4.69) is 20.3 Å². The smallest absolute Gasteiger partial charge is 0.369 e. The van der Waals surface area contributed by atoms with Crippen molar-refractivity contribution in [3.8, 4) is 5.82 Å². The highest BCUT2D eigenvalue weighted by Crippen LogP contribution is 2.33. The van der Waals surface area contributed by atoms with E-state index in [0.717, 1.165) is 16.7 Å². The van der Waals surface area contributed by atoms with Gasteiger partial charge in [-0.2, -0.15) is 13.2 Å². The van der Waals surface area contributed by atoms with Crippen LogP contribution < -0.4 is 5.32 Å². The first-order valence-electron chi connectivity index (χ1n) is 9.54. The van der Waals surface area contributed by atoms with E-state index in [0.29, 0.717) is 17.3 Å². The SMILES string of the molecule is Cc1ccc2c(c1)nc(C(F)(F)F)n2-c1cnc(NCC2CCCCC2)cn1. The lowest BCUT2D eigenvalue weighted by Gasteiger charge is -2.21. The molecule has 0 bridgehead atoms. The molecule has 1 aliphatic rings. The van der Waals surface area contributed by atoms with Crippen molar-refractivity contribution in [2.45, 2.75) is 45.2 Å². The lowest BCUT2D eigenvalue weighted by atomic mass is 9.89. The van der Waals surface area contributed by atoms with Gasteiger partial charge in [-0.1, -0.05) is 25.3 Å². The number of hydrogen-bond donors (Lipinski definition) is 1. The van der Waals surface area contributed by atoms with Crippen molar-refractivity contribution in [3.63, 3.8) is 0 Å². The molecule has 2 heterocycles. The number of nitrogens with zero attached hydrogens (tertiary/aromatic N) is 4. The molecule has 5 nitrogen and oxygen atoms in total. The summed E-state index contributed by atoms with van der Waals surface area (Å²) in [6.45, 7) is 2.63. The first-order valence-corrected chi connectivity index (χ1v) is 9.54. The Labute approximate surface area is 161 Å². The number of anilines is 1. The molecule has 0 atom stereocenters. The molecule has 148 valence electrons. The molecule has 1 N–H and O–H groups in total. The molecule has 1 aliphatic carbocycles. The zero-order chi connectivity index (χ0) is 19.7. The predicted molar refractivity (Wildman–Crippen MR) is 101 cm³/mol. The van der Waals surface area contributed by atoms with Gasteiger partial charge in [0.1, 0.15) is 5.82 Å². The van der Waals surface area contributed by atoms with E-state index in [-0.39, 0.29) is 11.3 Å². The molecule has 1 aromatic carbocycles. The lowest BCUT2D eigenvalue weighted by Crippen LogP contribution is -2.18. The summed E-state index contributed by atoms with van der Waals surface area (Å²) in [5, 5.41) is 3.26. The zero-order valence-electron chi connectivity index (χ0n) is 15.6. The minimum absolute atomic E-state index is 0.0990. The number of hydrogen-bond acceptors (Lipinski definition) is 4. The van der Waals surface area contributed by atoms with Gasteiger partial charge in [0.25, 0.3) is 0 Å². The van der Waals surface area contributed by atoms with E-state index in [1.807, 2.05) is 6.92 Å². The second-order valence-electron chi connectivity index (χ2n) is 7.41. The molecule has 3 aromatic rings. The molecule has 0 spiro atoms. The van der Waals surface area contributed by atoms with Gasteiger partial charge in [-0.15, -0.1) is 0 Å². The highest BCUT2D eigenvalue weighted by molar-refractivity contribution is 5.78. The number of nitrogens with one attached hydrogen (secondary N) is 1. The minimum Gasteiger partial charge on any atom is -0.369 e. The lowest BCUT2D eigenvalue weighted by molar-refractivity contribution is -0.145. The zero-order valence-corrected chi connectivity index (χ0v) is 15.6. The second-order valence-corrected chi connectivity index (χ2v) is 7.41. The number of benzene rings is 1. The fraction of sp³-hybridized carbons (Fsp3) is 0.450. The largest absolute Gasteiger partial charge is 0.450 e. The van der Waals surface area contributed by atoms with Crippen molar-refractivity contribution in [2.75, 3.05) is 11.9 Å². The molecule has 1 fully saturated rings. The van der Waals surface area contributed by atoms with E-state index >= 15 is 0 Å². The number of imidazole rings is 1. The topological polar surface area (TPSA) is 55.6 Å². The van der Waals surface area contributed by atoms with Gasteiger partial charge in [0, 0.05) is 6.54 Å². The number of rotatable bonds is 4. The Morgan fingerprint density at radius 1 is 1.11 bits per heavy atom. The number of fused-ring (bicyclic) bond motifs is 1. The number of alkyl halides is 3. The van der Waals surface area contributed by atoms with Crippen molar-refractivity contribution in [2.24, 2.45) is 5.92 Å². The number of aryl methyl sites for hydroxylation is 1. The van der Waals surface area contributed by atoms with Gasteiger partial charge < -0.3 is 5.32 Å². The maximum absolute atomic E-state index is 13.5. The van der Waals surface area contributed by atoms with Crippen LogP contribution in [0.25, 0.3) is 16.9 Å². The standard InChI is InChI=1S/C20H22F3N5/c1-13-7-8-16-15(9-13)27-19(20(21,22)23)28(16)18-12-25-17(11-26-18)24-10-14-5-3-2-4-6-14/h7-9,11-12,14H,2-6,10H2,1H3,(H,24,25). The van der Waals surface area contributed by atoms with Crippen LogP contribution in [0.3, 0.4) is 0 Å². The normalized spacial score (nSPS) is 15.9. The van der Waals surface area contributed by atoms with Crippen LogP contribution in [0.15, 0.2) is 30.6 Å². The summed E-state index contributed by atoms with van der Waals surface area (Å²) in [5.41, 5.74) is 1.49. The summed E-state index contributed by atoms with van der Waals surface area (Å²) in [4.78, 5) is 12.3. The van der Waals surface area contributed by atoms with Crippen LogP contribution in [0.1, 0.15) is 43.5 Å². The van der Waals surface area contributed by atoms with Gasteiger partial charge >= 0.3 is 6.18 Å². The third-order valence-electron chi connectivity index (χ3n) is 5.23. The quantitative estimate of drug-likeness (QED) is 0.672. The van der Waals surface area contributed by atoms with Crippen molar-refractivity contribution in [1.29, 1.82) is 0 Å². The summed E-state index contributed by atoms with van der Waals surface area (Å²) in [7, 11) is 0. The Kier molecular flexibility index (Phi) is 4.95. The molecule has 28 heavy (non-hydrogen) atoms. The van der Waals surface area contributed by atoms with Gasteiger partial charge in [-0.25, -0.2) is 15.0 Å². The monoisotopic (exact) mass is 389 g/mol.